The fraction of sp³-hybridized carbons (Fsp3) is 0.625. The van der Waals surface area contributed by atoms with Crippen LogP contribution in [-0.4, -0.2) is 18.7 Å². The van der Waals surface area contributed by atoms with Gasteiger partial charge in [-0.05, 0) is 51.5 Å². The maximum Gasteiger partial charge on any atom is 0.126 e. The highest BCUT2D eigenvalue weighted by Gasteiger charge is 2.21. The van der Waals surface area contributed by atoms with Crippen LogP contribution in [0.25, 0.3) is 0 Å². The summed E-state index contributed by atoms with van der Waals surface area (Å²) in [5.41, 5.74) is 0.738. The first kappa shape index (κ1) is 16.0. The van der Waals surface area contributed by atoms with Gasteiger partial charge < -0.3 is 10.1 Å². The van der Waals surface area contributed by atoms with Crippen molar-refractivity contribution in [2.24, 2.45) is 5.41 Å². The van der Waals surface area contributed by atoms with Crippen molar-refractivity contribution >= 4 is 0 Å². The van der Waals surface area contributed by atoms with E-state index in [1.165, 1.54) is 6.07 Å². The molecule has 0 bridgehead atoms. The molecule has 2 nitrogen and oxygen atoms in total. The monoisotopic (exact) mass is 267 g/mol. The minimum Gasteiger partial charge on any atom is -0.493 e. The molecular formula is C16H26FNO. The van der Waals surface area contributed by atoms with Gasteiger partial charge in [-0.3, -0.25) is 0 Å². The number of halogens is 1. The van der Waals surface area contributed by atoms with E-state index in [0.717, 1.165) is 12.3 Å². The Morgan fingerprint density at radius 1 is 1.16 bits per heavy atom. The average molecular weight is 267 g/mol. The van der Waals surface area contributed by atoms with Crippen molar-refractivity contribution in [3.63, 3.8) is 0 Å². The van der Waals surface area contributed by atoms with Crippen LogP contribution < -0.4 is 10.1 Å². The highest BCUT2D eigenvalue weighted by atomic mass is 19.1. The van der Waals surface area contributed by atoms with Crippen LogP contribution in [0.1, 0.15) is 40.2 Å². The van der Waals surface area contributed by atoms with E-state index in [2.05, 4.69) is 39.9 Å². The van der Waals surface area contributed by atoms with E-state index in [0.29, 0.717) is 12.2 Å². The molecule has 0 fully saturated rings. The molecule has 1 rings (SSSR count). The first-order chi connectivity index (χ1) is 8.59. The second kappa shape index (κ2) is 5.91. The summed E-state index contributed by atoms with van der Waals surface area (Å²) in [5.74, 6) is 0.531. The van der Waals surface area contributed by atoms with Crippen LogP contribution in [0.2, 0.25) is 0 Å². The van der Waals surface area contributed by atoms with E-state index >= 15 is 0 Å². The molecule has 0 aliphatic carbocycles. The summed E-state index contributed by atoms with van der Waals surface area (Å²) < 4.78 is 18.9. The zero-order valence-corrected chi connectivity index (χ0v) is 12.9. The minimum absolute atomic E-state index is 0.0234. The average Bonchev–Trinajstić information content (AvgIpc) is 2.28. The molecule has 0 aliphatic rings. The van der Waals surface area contributed by atoms with Crippen molar-refractivity contribution in [1.29, 1.82) is 0 Å². The molecule has 108 valence electrons. The fourth-order valence-corrected chi connectivity index (χ4v) is 1.54. The van der Waals surface area contributed by atoms with Gasteiger partial charge in [0.2, 0.25) is 0 Å². The van der Waals surface area contributed by atoms with Gasteiger partial charge >= 0.3 is 0 Å². The van der Waals surface area contributed by atoms with Crippen molar-refractivity contribution < 1.29 is 9.13 Å². The van der Waals surface area contributed by atoms with E-state index in [1.54, 1.807) is 19.1 Å². The molecule has 0 saturated carbocycles. The third-order valence-corrected chi connectivity index (χ3v) is 2.86. The van der Waals surface area contributed by atoms with Crippen LogP contribution in [0, 0.1) is 18.2 Å². The molecule has 0 radical (unpaired) electrons. The molecule has 0 unspecified atom stereocenters. The molecule has 3 heteroatoms. The Morgan fingerprint density at radius 3 is 2.32 bits per heavy atom. The van der Waals surface area contributed by atoms with Crippen molar-refractivity contribution in [1.82, 2.24) is 5.32 Å². The Balaban J connectivity index is 2.52. The summed E-state index contributed by atoms with van der Waals surface area (Å²) in [6, 6.07) is 4.86. The Labute approximate surface area is 116 Å². The zero-order valence-electron chi connectivity index (χ0n) is 12.9. The Morgan fingerprint density at radius 2 is 1.79 bits per heavy atom. The van der Waals surface area contributed by atoms with Crippen LogP contribution in [0.3, 0.4) is 0 Å². The topological polar surface area (TPSA) is 21.3 Å². The Bertz CT molecular complexity index is 421. The summed E-state index contributed by atoms with van der Waals surface area (Å²) in [4.78, 5) is 0. The van der Waals surface area contributed by atoms with Gasteiger partial charge in [-0.25, -0.2) is 4.39 Å². The molecule has 0 atom stereocenters. The lowest BCUT2D eigenvalue weighted by Gasteiger charge is -2.30. The SMILES string of the molecule is Cc1cc(OCC(C)(C)CNC(C)(C)C)ccc1F. The molecule has 1 aromatic carbocycles. The van der Waals surface area contributed by atoms with E-state index in [4.69, 9.17) is 4.74 Å². The molecule has 0 heterocycles. The molecule has 0 aromatic heterocycles. The highest BCUT2D eigenvalue weighted by molar-refractivity contribution is 5.28. The number of benzene rings is 1. The minimum atomic E-state index is -0.194. The number of hydrogen-bond donors (Lipinski definition) is 1. The normalized spacial score (nSPS) is 12.6. The van der Waals surface area contributed by atoms with Gasteiger partial charge in [0, 0.05) is 17.5 Å². The van der Waals surface area contributed by atoms with Gasteiger partial charge in [-0.15, -0.1) is 0 Å². The Kier molecular flexibility index (Phi) is 4.97. The standard InChI is InChI=1S/C16H26FNO/c1-12-9-13(7-8-14(12)17)19-11-16(5,6)10-18-15(2,3)4/h7-9,18H,10-11H2,1-6H3. The smallest absolute Gasteiger partial charge is 0.126 e. The van der Waals surface area contributed by atoms with Gasteiger partial charge in [-0.2, -0.15) is 0 Å². The van der Waals surface area contributed by atoms with Crippen molar-refractivity contribution in [3.8, 4) is 5.75 Å². The third-order valence-electron chi connectivity index (χ3n) is 2.86. The predicted octanol–water partition coefficient (Wildman–Crippen LogP) is 3.93. The van der Waals surface area contributed by atoms with E-state index < -0.39 is 0 Å². The lowest BCUT2D eigenvalue weighted by atomic mass is 9.93. The fourth-order valence-electron chi connectivity index (χ4n) is 1.54. The maximum atomic E-state index is 13.2. The lowest BCUT2D eigenvalue weighted by molar-refractivity contribution is 0.165. The predicted molar refractivity (Wildman–Crippen MR) is 78.2 cm³/mol. The molecule has 1 N–H and O–H groups in total. The summed E-state index contributed by atoms with van der Waals surface area (Å²) in [6.45, 7) is 14.0. The second-order valence-electron chi connectivity index (χ2n) is 6.97. The molecule has 0 spiro atoms. The molecule has 0 aliphatic heterocycles. The summed E-state index contributed by atoms with van der Waals surface area (Å²) in [6.07, 6.45) is 0. The maximum absolute atomic E-state index is 13.2. The molecule has 19 heavy (non-hydrogen) atoms. The summed E-state index contributed by atoms with van der Waals surface area (Å²) >= 11 is 0. The van der Waals surface area contributed by atoms with Crippen molar-refractivity contribution in [2.45, 2.75) is 47.1 Å². The van der Waals surface area contributed by atoms with E-state index in [-0.39, 0.29) is 16.8 Å². The number of ether oxygens (including phenoxy) is 1. The van der Waals surface area contributed by atoms with Crippen LogP contribution in [0.4, 0.5) is 4.39 Å². The number of aryl methyl sites for hydroxylation is 1. The van der Waals surface area contributed by atoms with E-state index in [1.807, 2.05) is 0 Å². The molecular weight excluding hydrogens is 241 g/mol. The largest absolute Gasteiger partial charge is 0.493 e. The lowest BCUT2D eigenvalue weighted by Crippen LogP contribution is -2.43. The number of rotatable bonds is 5. The van der Waals surface area contributed by atoms with E-state index in [9.17, 15) is 4.39 Å². The molecule has 0 amide bonds. The number of hydrogen-bond acceptors (Lipinski definition) is 2. The molecule has 1 aromatic rings. The first-order valence-corrected chi connectivity index (χ1v) is 6.73. The summed E-state index contributed by atoms with van der Waals surface area (Å²) in [5, 5.41) is 3.48. The molecule has 0 saturated heterocycles. The highest BCUT2D eigenvalue weighted by Crippen LogP contribution is 2.21. The van der Waals surface area contributed by atoms with Crippen molar-refractivity contribution in [2.75, 3.05) is 13.2 Å². The Hall–Kier alpha value is -1.09. The second-order valence-corrected chi connectivity index (χ2v) is 6.97. The van der Waals surface area contributed by atoms with Gasteiger partial charge in [0.05, 0.1) is 6.61 Å². The van der Waals surface area contributed by atoms with Crippen LogP contribution in [0.5, 0.6) is 5.75 Å². The zero-order chi connectivity index (χ0) is 14.7. The van der Waals surface area contributed by atoms with Gasteiger partial charge in [0.25, 0.3) is 0 Å². The van der Waals surface area contributed by atoms with Crippen molar-refractivity contribution in [3.05, 3.63) is 29.6 Å². The van der Waals surface area contributed by atoms with Crippen LogP contribution >= 0.6 is 0 Å². The quantitative estimate of drug-likeness (QED) is 0.873. The van der Waals surface area contributed by atoms with Crippen LogP contribution in [-0.2, 0) is 0 Å². The summed E-state index contributed by atoms with van der Waals surface area (Å²) in [7, 11) is 0. The number of nitrogens with one attached hydrogen (secondary N) is 1. The third kappa shape index (κ3) is 6.06. The van der Waals surface area contributed by atoms with Gasteiger partial charge in [0.1, 0.15) is 11.6 Å². The first-order valence-electron chi connectivity index (χ1n) is 6.73. The van der Waals surface area contributed by atoms with Gasteiger partial charge in [0.15, 0.2) is 0 Å². The van der Waals surface area contributed by atoms with Crippen LogP contribution in [0.15, 0.2) is 18.2 Å². The van der Waals surface area contributed by atoms with Gasteiger partial charge in [-0.1, -0.05) is 13.8 Å².